The van der Waals surface area contributed by atoms with Gasteiger partial charge in [-0.25, -0.2) is 0 Å². The van der Waals surface area contributed by atoms with E-state index in [9.17, 15) is 14.9 Å². The smallest absolute Gasteiger partial charge is 0.151 e. The summed E-state index contributed by atoms with van der Waals surface area (Å²) in [6.45, 7) is 6.75. The number of carbonyl (C=O) groups excluding carboxylic acids is 2. The summed E-state index contributed by atoms with van der Waals surface area (Å²) < 4.78 is 10.7. The van der Waals surface area contributed by atoms with E-state index in [2.05, 4.69) is 39.0 Å². The number of Topliss-reactive ketones (excluding diaryl/α,β-unsaturated/α-hetero) is 2. The summed E-state index contributed by atoms with van der Waals surface area (Å²) in [6.07, 6.45) is 2.22. The Morgan fingerprint density at radius 2 is 1.69 bits per heavy atom. The lowest BCUT2D eigenvalue weighted by Gasteiger charge is -2.20. The van der Waals surface area contributed by atoms with Crippen molar-refractivity contribution in [2.45, 2.75) is 58.5 Å². The van der Waals surface area contributed by atoms with Crippen LogP contribution in [0.4, 0.5) is 0 Å². The van der Waals surface area contributed by atoms with Crippen molar-refractivity contribution in [3.63, 3.8) is 0 Å². The Bertz CT molecular complexity index is 882. The largest absolute Gasteiger partial charge is 0.352 e. The third-order valence-corrected chi connectivity index (χ3v) is 6.71. The highest BCUT2D eigenvalue weighted by Gasteiger charge is 2.54. The van der Waals surface area contributed by atoms with E-state index in [-0.39, 0.29) is 36.3 Å². The van der Waals surface area contributed by atoms with E-state index >= 15 is 0 Å². The third kappa shape index (κ3) is 3.25. The number of rotatable bonds is 4. The van der Waals surface area contributed by atoms with E-state index in [1.54, 1.807) is 0 Å². The van der Waals surface area contributed by atoms with Gasteiger partial charge < -0.3 is 9.47 Å². The second-order valence-corrected chi connectivity index (χ2v) is 8.34. The highest BCUT2D eigenvalue weighted by atomic mass is 16.7. The number of benzene rings is 1. The van der Waals surface area contributed by atoms with Gasteiger partial charge >= 0.3 is 0 Å². The first-order valence-corrected chi connectivity index (χ1v) is 10.5. The molecule has 0 spiro atoms. The van der Waals surface area contributed by atoms with Crippen LogP contribution in [0.15, 0.2) is 23.3 Å². The highest BCUT2D eigenvalue weighted by Crippen LogP contribution is 2.50. The summed E-state index contributed by atoms with van der Waals surface area (Å²) in [4.78, 5) is 26.8. The van der Waals surface area contributed by atoms with Crippen molar-refractivity contribution in [2.24, 2.45) is 11.8 Å². The third-order valence-electron chi connectivity index (χ3n) is 6.71. The van der Waals surface area contributed by atoms with Gasteiger partial charge in [0.1, 0.15) is 18.8 Å². The van der Waals surface area contributed by atoms with Crippen molar-refractivity contribution in [3.05, 3.63) is 45.5 Å². The second-order valence-electron chi connectivity index (χ2n) is 8.34. The zero-order valence-electron chi connectivity index (χ0n) is 17.3. The minimum absolute atomic E-state index is 0.0316. The zero-order valence-corrected chi connectivity index (χ0v) is 17.3. The Morgan fingerprint density at radius 3 is 2.14 bits per heavy atom. The first-order chi connectivity index (χ1) is 14.0. The molecule has 0 bridgehead atoms. The molecule has 3 atom stereocenters. The lowest BCUT2D eigenvalue weighted by molar-refractivity contribution is -0.125. The van der Waals surface area contributed by atoms with Gasteiger partial charge in [-0.05, 0) is 49.3 Å². The molecule has 4 rings (SSSR count). The van der Waals surface area contributed by atoms with Crippen molar-refractivity contribution in [1.82, 2.24) is 0 Å². The Kier molecular flexibility index (Phi) is 5.42. The molecule has 5 heteroatoms. The molecule has 3 aliphatic rings. The molecule has 1 aromatic carbocycles. The molecule has 0 aromatic heterocycles. The predicted octanol–water partition coefficient (Wildman–Crippen LogP) is 3.57. The number of fused-ring (bicyclic) bond motifs is 1. The molecular weight excluding hydrogens is 366 g/mol. The quantitative estimate of drug-likeness (QED) is 0.577. The molecule has 1 aromatic rings. The summed E-state index contributed by atoms with van der Waals surface area (Å²) in [6, 6.07) is 6.46. The van der Waals surface area contributed by atoms with Crippen molar-refractivity contribution in [1.29, 1.82) is 5.26 Å². The molecule has 1 saturated heterocycles. The van der Waals surface area contributed by atoms with Crippen LogP contribution in [-0.4, -0.2) is 31.1 Å². The molecule has 0 amide bonds. The fourth-order valence-corrected chi connectivity index (χ4v) is 5.36. The van der Waals surface area contributed by atoms with Crippen LogP contribution in [0.2, 0.25) is 0 Å². The summed E-state index contributed by atoms with van der Waals surface area (Å²) >= 11 is 0. The van der Waals surface area contributed by atoms with Crippen molar-refractivity contribution in [2.75, 3.05) is 13.4 Å². The van der Waals surface area contributed by atoms with Crippen LogP contribution >= 0.6 is 0 Å². The topological polar surface area (TPSA) is 76.4 Å². The Hall–Kier alpha value is -2.29. The van der Waals surface area contributed by atoms with Gasteiger partial charge in [0, 0.05) is 11.8 Å². The Labute approximate surface area is 171 Å². The van der Waals surface area contributed by atoms with Crippen LogP contribution in [0.25, 0.3) is 0 Å². The molecule has 1 heterocycles. The minimum Gasteiger partial charge on any atom is -0.352 e. The molecular formula is C24H27NO4. The van der Waals surface area contributed by atoms with Gasteiger partial charge in [0.05, 0.1) is 18.2 Å². The molecule has 5 nitrogen and oxygen atoms in total. The fraction of sp³-hybridized carbons (Fsp3) is 0.542. The second kappa shape index (κ2) is 7.85. The average molecular weight is 393 g/mol. The Morgan fingerprint density at radius 1 is 1.10 bits per heavy atom. The van der Waals surface area contributed by atoms with Crippen molar-refractivity contribution in [3.8, 4) is 6.07 Å². The summed E-state index contributed by atoms with van der Waals surface area (Å²) in [5.74, 6) is -1.21. The van der Waals surface area contributed by atoms with Crippen LogP contribution in [0.1, 0.15) is 54.9 Å². The van der Waals surface area contributed by atoms with E-state index < -0.39 is 5.92 Å². The Balaban J connectivity index is 1.68. The average Bonchev–Trinajstić information content (AvgIpc) is 3.43. The van der Waals surface area contributed by atoms with E-state index in [1.807, 2.05) is 0 Å². The molecule has 2 aliphatic carbocycles. The van der Waals surface area contributed by atoms with Gasteiger partial charge in [-0.1, -0.05) is 37.1 Å². The maximum absolute atomic E-state index is 13.4. The zero-order chi connectivity index (χ0) is 20.7. The van der Waals surface area contributed by atoms with Gasteiger partial charge in [0.25, 0.3) is 0 Å². The first-order valence-electron chi connectivity index (χ1n) is 10.5. The number of ether oxygens (including phenoxy) is 2. The lowest BCUT2D eigenvalue weighted by Crippen LogP contribution is -2.21. The molecule has 1 aliphatic heterocycles. The number of carbonyl (C=O) groups is 2. The number of nitrogens with zero attached hydrogens (tertiary/aromatic N) is 1. The van der Waals surface area contributed by atoms with Crippen LogP contribution in [0.5, 0.6) is 0 Å². The number of hydrogen-bond acceptors (Lipinski definition) is 5. The molecule has 3 unspecified atom stereocenters. The number of ketones is 2. The molecule has 29 heavy (non-hydrogen) atoms. The van der Waals surface area contributed by atoms with E-state index in [4.69, 9.17) is 9.47 Å². The van der Waals surface area contributed by atoms with Gasteiger partial charge in [-0.3, -0.25) is 9.59 Å². The molecule has 0 N–H and O–H groups in total. The highest BCUT2D eigenvalue weighted by molar-refractivity contribution is 6.17. The first kappa shape index (κ1) is 20.0. The molecule has 0 radical (unpaired) electrons. The van der Waals surface area contributed by atoms with Gasteiger partial charge in [0.2, 0.25) is 0 Å². The normalized spacial score (nSPS) is 28.7. The SMILES string of the molecule is CCc1cc(C)cc(CC)c1C1C(=O)C2CC(=C(C#N)C3COCO3)CC2C1=O. The standard InChI is InChI=1S/C24H27NO4/c1-4-14-6-13(3)7-15(5-2)21(14)22-23(26)17-8-16(9-18(17)24(22)27)19(10-25)20-11-28-12-29-20/h6-7,17-18,20,22H,4-5,8-9,11-12H2,1-3H3. The number of aryl methyl sites for hydroxylation is 3. The minimum atomic E-state index is -0.645. The van der Waals surface area contributed by atoms with E-state index in [1.165, 1.54) is 5.56 Å². The number of allylic oxidation sites excluding steroid dienone is 1. The van der Waals surface area contributed by atoms with Crippen molar-refractivity contribution < 1.29 is 19.1 Å². The maximum atomic E-state index is 13.4. The molecule has 2 saturated carbocycles. The monoisotopic (exact) mass is 393 g/mol. The van der Waals surface area contributed by atoms with Crippen LogP contribution < -0.4 is 0 Å². The fourth-order valence-electron chi connectivity index (χ4n) is 5.36. The molecule has 152 valence electrons. The van der Waals surface area contributed by atoms with E-state index in [0.717, 1.165) is 35.1 Å². The van der Waals surface area contributed by atoms with Crippen LogP contribution in [-0.2, 0) is 31.9 Å². The van der Waals surface area contributed by atoms with Crippen LogP contribution in [0, 0.1) is 30.1 Å². The summed E-state index contributed by atoms with van der Waals surface area (Å²) in [5, 5.41) is 9.62. The summed E-state index contributed by atoms with van der Waals surface area (Å²) in [7, 11) is 0. The van der Waals surface area contributed by atoms with E-state index in [0.29, 0.717) is 25.0 Å². The van der Waals surface area contributed by atoms with Gasteiger partial charge in [0.15, 0.2) is 11.6 Å². The van der Waals surface area contributed by atoms with Crippen LogP contribution in [0.3, 0.4) is 0 Å². The number of nitriles is 1. The van der Waals surface area contributed by atoms with Gasteiger partial charge in [-0.2, -0.15) is 5.26 Å². The lowest BCUT2D eigenvalue weighted by atomic mass is 9.82. The van der Waals surface area contributed by atoms with Gasteiger partial charge in [-0.15, -0.1) is 0 Å². The maximum Gasteiger partial charge on any atom is 0.151 e. The van der Waals surface area contributed by atoms with Crippen molar-refractivity contribution >= 4 is 11.6 Å². The molecule has 3 fully saturated rings. The summed E-state index contributed by atoms with van der Waals surface area (Å²) in [5.41, 5.74) is 5.78. The predicted molar refractivity (Wildman–Crippen MR) is 107 cm³/mol. The number of hydrogen-bond donors (Lipinski definition) is 0.